The maximum absolute atomic E-state index is 6.10. The standard InChI is InChI=1S/C15H23ClN2.H3N/c1-3-4-7-17-8-10-18(11-9-17)15-12-14(16)6-5-13(15)2;/h5-6,12H,3-4,7-11H2,1-2H3;1H3. The van der Waals surface area contributed by atoms with Crippen LogP contribution in [0.2, 0.25) is 5.02 Å². The van der Waals surface area contributed by atoms with Crippen LogP contribution in [0.25, 0.3) is 0 Å². The molecule has 1 aromatic rings. The summed E-state index contributed by atoms with van der Waals surface area (Å²) in [5.41, 5.74) is 2.62. The van der Waals surface area contributed by atoms with E-state index >= 15 is 0 Å². The van der Waals surface area contributed by atoms with Crippen molar-refractivity contribution < 1.29 is 0 Å². The van der Waals surface area contributed by atoms with Gasteiger partial charge in [-0.05, 0) is 37.6 Å². The second kappa shape index (κ2) is 7.73. The van der Waals surface area contributed by atoms with Crippen LogP contribution in [0.4, 0.5) is 5.69 Å². The lowest BCUT2D eigenvalue weighted by atomic mass is 10.1. The molecule has 0 spiro atoms. The van der Waals surface area contributed by atoms with E-state index in [1.165, 1.54) is 43.7 Å². The van der Waals surface area contributed by atoms with E-state index in [4.69, 9.17) is 11.6 Å². The SMILES string of the molecule is CCCCN1CCN(c2cc(Cl)ccc2C)CC1.N. The Bertz CT molecular complexity index is 387. The molecule has 0 saturated carbocycles. The van der Waals surface area contributed by atoms with Gasteiger partial charge in [0.15, 0.2) is 0 Å². The molecule has 1 aliphatic rings. The summed E-state index contributed by atoms with van der Waals surface area (Å²) in [6.07, 6.45) is 2.60. The Morgan fingerprint density at radius 1 is 1.16 bits per heavy atom. The first-order valence-electron chi connectivity index (χ1n) is 6.94. The summed E-state index contributed by atoms with van der Waals surface area (Å²) in [5.74, 6) is 0. The zero-order valence-electron chi connectivity index (χ0n) is 12.2. The highest BCUT2D eigenvalue weighted by Crippen LogP contribution is 2.25. The molecular weight excluding hydrogens is 258 g/mol. The number of piperazine rings is 1. The van der Waals surface area contributed by atoms with E-state index in [0.717, 1.165) is 18.1 Å². The number of halogens is 1. The molecule has 1 aliphatic heterocycles. The zero-order chi connectivity index (χ0) is 13.0. The Morgan fingerprint density at radius 3 is 2.47 bits per heavy atom. The molecule has 0 aromatic heterocycles. The molecule has 3 N–H and O–H groups in total. The van der Waals surface area contributed by atoms with Gasteiger partial charge in [0, 0.05) is 36.9 Å². The van der Waals surface area contributed by atoms with Crippen LogP contribution >= 0.6 is 11.6 Å². The van der Waals surface area contributed by atoms with Crippen molar-refractivity contribution in [1.29, 1.82) is 0 Å². The quantitative estimate of drug-likeness (QED) is 0.915. The summed E-state index contributed by atoms with van der Waals surface area (Å²) in [5, 5.41) is 0.837. The van der Waals surface area contributed by atoms with Gasteiger partial charge in [-0.2, -0.15) is 0 Å². The normalized spacial score (nSPS) is 16.3. The first-order valence-corrected chi connectivity index (χ1v) is 7.32. The Labute approximate surface area is 122 Å². The van der Waals surface area contributed by atoms with Crippen molar-refractivity contribution in [3.63, 3.8) is 0 Å². The molecule has 1 aromatic carbocycles. The van der Waals surface area contributed by atoms with E-state index < -0.39 is 0 Å². The molecule has 1 fully saturated rings. The molecule has 4 heteroatoms. The van der Waals surface area contributed by atoms with Gasteiger partial charge in [0.2, 0.25) is 0 Å². The van der Waals surface area contributed by atoms with Crippen LogP contribution in [-0.4, -0.2) is 37.6 Å². The van der Waals surface area contributed by atoms with Crippen LogP contribution in [-0.2, 0) is 0 Å². The van der Waals surface area contributed by atoms with Gasteiger partial charge in [-0.1, -0.05) is 31.0 Å². The molecule has 1 saturated heterocycles. The van der Waals surface area contributed by atoms with Crippen LogP contribution in [0.5, 0.6) is 0 Å². The minimum absolute atomic E-state index is 0. The van der Waals surface area contributed by atoms with Crippen molar-refractivity contribution >= 4 is 17.3 Å². The van der Waals surface area contributed by atoms with Gasteiger partial charge in [0.25, 0.3) is 0 Å². The number of benzene rings is 1. The molecule has 3 nitrogen and oxygen atoms in total. The number of anilines is 1. The van der Waals surface area contributed by atoms with Gasteiger partial charge < -0.3 is 11.1 Å². The number of unbranched alkanes of at least 4 members (excludes halogenated alkanes) is 1. The summed E-state index contributed by atoms with van der Waals surface area (Å²) in [6.45, 7) is 10.2. The predicted octanol–water partition coefficient (Wildman–Crippen LogP) is 3.73. The van der Waals surface area contributed by atoms with Crippen molar-refractivity contribution in [1.82, 2.24) is 11.1 Å². The zero-order valence-corrected chi connectivity index (χ0v) is 12.9. The highest BCUT2D eigenvalue weighted by atomic mass is 35.5. The first-order chi connectivity index (χ1) is 8.70. The number of aryl methyl sites for hydroxylation is 1. The fourth-order valence-corrected chi connectivity index (χ4v) is 2.68. The molecule has 0 amide bonds. The minimum atomic E-state index is 0. The van der Waals surface area contributed by atoms with E-state index in [1.807, 2.05) is 6.07 Å². The van der Waals surface area contributed by atoms with Crippen LogP contribution in [0, 0.1) is 6.92 Å². The molecule has 0 radical (unpaired) electrons. The van der Waals surface area contributed by atoms with Crippen LogP contribution in [0.15, 0.2) is 18.2 Å². The maximum atomic E-state index is 6.10. The van der Waals surface area contributed by atoms with E-state index in [1.54, 1.807) is 0 Å². The lowest BCUT2D eigenvalue weighted by molar-refractivity contribution is 0.254. The molecule has 19 heavy (non-hydrogen) atoms. The van der Waals surface area contributed by atoms with Crippen molar-refractivity contribution in [2.75, 3.05) is 37.6 Å². The summed E-state index contributed by atoms with van der Waals surface area (Å²) in [4.78, 5) is 5.03. The monoisotopic (exact) mass is 283 g/mol. The van der Waals surface area contributed by atoms with Crippen molar-refractivity contribution in [2.24, 2.45) is 0 Å². The molecule has 108 valence electrons. The third-order valence-corrected chi connectivity index (χ3v) is 3.95. The lowest BCUT2D eigenvalue weighted by Crippen LogP contribution is -2.46. The van der Waals surface area contributed by atoms with Crippen LogP contribution < -0.4 is 11.1 Å². The lowest BCUT2D eigenvalue weighted by Gasteiger charge is -2.36. The Morgan fingerprint density at radius 2 is 1.84 bits per heavy atom. The smallest absolute Gasteiger partial charge is 0.0426 e. The minimum Gasteiger partial charge on any atom is -0.369 e. The van der Waals surface area contributed by atoms with E-state index in [2.05, 4.69) is 35.8 Å². The molecule has 0 atom stereocenters. The van der Waals surface area contributed by atoms with Crippen molar-refractivity contribution in [3.05, 3.63) is 28.8 Å². The second-order valence-corrected chi connectivity index (χ2v) is 5.55. The number of hydrogen-bond donors (Lipinski definition) is 1. The molecule has 0 bridgehead atoms. The number of hydrogen-bond acceptors (Lipinski definition) is 3. The predicted molar refractivity (Wildman–Crippen MR) is 84.8 cm³/mol. The van der Waals surface area contributed by atoms with Crippen LogP contribution in [0.1, 0.15) is 25.3 Å². The molecular formula is C15H26ClN3. The van der Waals surface area contributed by atoms with E-state index in [-0.39, 0.29) is 6.15 Å². The molecule has 0 aliphatic carbocycles. The highest BCUT2D eigenvalue weighted by molar-refractivity contribution is 6.30. The number of rotatable bonds is 4. The van der Waals surface area contributed by atoms with Crippen LogP contribution in [0.3, 0.4) is 0 Å². The Hall–Kier alpha value is -0.770. The molecule has 1 heterocycles. The highest BCUT2D eigenvalue weighted by Gasteiger charge is 2.17. The Kier molecular flexibility index (Phi) is 6.63. The maximum Gasteiger partial charge on any atom is 0.0426 e. The average Bonchev–Trinajstić information content (AvgIpc) is 2.40. The molecule has 0 unspecified atom stereocenters. The van der Waals surface area contributed by atoms with Gasteiger partial charge in [-0.15, -0.1) is 0 Å². The van der Waals surface area contributed by atoms with E-state index in [9.17, 15) is 0 Å². The fourth-order valence-electron chi connectivity index (χ4n) is 2.52. The summed E-state index contributed by atoms with van der Waals surface area (Å²) in [6, 6.07) is 6.18. The summed E-state index contributed by atoms with van der Waals surface area (Å²) < 4.78 is 0. The van der Waals surface area contributed by atoms with Gasteiger partial charge >= 0.3 is 0 Å². The van der Waals surface area contributed by atoms with Gasteiger partial charge in [0.1, 0.15) is 0 Å². The summed E-state index contributed by atoms with van der Waals surface area (Å²) >= 11 is 6.10. The van der Waals surface area contributed by atoms with Crippen molar-refractivity contribution in [3.8, 4) is 0 Å². The van der Waals surface area contributed by atoms with Gasteiger partial charge in [0.05, 0.1) is 0 Å². The van der Waals surface area contributed by atoms with Gasteiger partial charge in [-0.3, -0.25) is 4.90 Å². The third kappa shape index (κ3) is 4.37. The largest absolute Gasteiger partial charge is 0.369 e. The fraction of sp³-hybridized carbons (Fsp3) is 0.600. The second-order valence-electron chi connectivity index (χ2n) is 5.11. The topological polar surface area (TPSA) is 41.5 Å². The number of nitrogens with zero attached hydrogens (tertiary/aromatic N) is 2. The average molecular weight is 284 g/mol. The Balaban J connectivity index is 0.00000180. The first kappa shape index (κ1) is 16.3. The summed E-state index contributed by atoms with van der Waals surface area (Å²) in [7, 11) is 0. The van der Waals surface area contributed by atoms with E-state index in [0.29, 0.717) is 0 Å². The molecule has 2 rings (SSSR count). The van der Waals surface area contributed by atoms with Crippen molar-refractivity contribution in [2.45, 2.75) is 26.7 Å². The van der Waals surface area contributed by atoms with Gasteiger partial charge in [-0.25, -0.2) is 0 Å². The third-order valence-electron chi connectivity index (χ3n) is 3.71.